The van der Waals surface area contributed by atoms with Gasteiger partial charge in [0.05, 0.1) is 83.6 Å². The largest absolute Gasteiger partial charge is 0.417 e. The fourth-order valence-corrected chi connectivity index (χ4v) is 13.0. The van der Waals surface area contributed by atoms with Crippen LogP contribution in [-0.4, -0.2) is 9.13 Å². The van der Waals surface area contributed by atoms with Crippen LogP contribution in [0.3, 0.4) is 0 Å². The van der Waals surface area contributed by atoms with Gasteiger partial charge in [0.15, 0.2) is 0 Å². The predicted octanol–water partition coefficient (Wildman–Crippen LogP) is 25.9. The summed E-state index contributed by atoms with van der Waals surface area (Å²) in [6, 6.07) is 11.8. The standard InChI is InChI=1S/C71H31F30N3/c72-62(73,74)36-8-12-40(51(26-36)68(90,91)92)31-4-16-55-44(20-31)45-21-32(41-13-9-37(63(75,76)77)27-52(41)69(93,94)95)5-17-56(45)103(55)59-24-35(61-49(66(84,85)86)2-1-3-50(61)67(87,88)89)25-60(48(59)30-102)104-57-18-6-33(42-14-10-38(64(78,79)80)28-53(42)70(96,97)98)22-46(57)47-23-34(7-19-58(47)104)43-15-11-39(65(81,82)83)29-54(43)71(99,100)101/h1-6,8-18,20-29H,7,19H2. The number of hydrogen-bond acceptors (Lipinski definition) is 1. The van der Waals surface area contributed by atoms with Gasteiger partial charge in [-0.15, -0.1) is 0 Å². The zero-order chi connectivity index (χ0) is 76.3. The molecule has 33 heteroatoms. The second kappa shape index (κ2) is 24.3. The Morgan fingerprint density at radius 2 is 0.606 bits per heavy atom. The lowest BCUT2D eigenvalue weighted by Gasteiger charge is -2.24. The van der Waals surface area contributed by atoms with Crippen LogP contribution in [0.25, 0.3) is 100 Å². The van der Waals surface area contributed by atoms with Crippen LogP contribution < -0.4 is 0 Å². The van der Waals surface area contributed by atoms with E-state index in [1.54, 1.807) is 6.07 Å². The van der Waals surface area contributed by atoms with Gasteiger partial charge >= 0.3 is 61.8 Å². The fourth-order valence-electron chi connectivity index (χ4n) is 13.0. The normalized spacial score (nSPS) is 14.0. The van der Waals surface area contributed by atoms with Crippen molar-refractivity contribution < 1.29 is 132 Å². The molecule has 0 saturated carbocycles. The van der Waals surface area contributed by atoms with Crippen LogP contribution in [-0.2, 0) is 68.2 Å². The topological polar surface area (TPSA) is 33.6 Å². The first kappa shape index (κ1) is 73.2. The fraction of sp³-hybridized carbons (Fsp3) is 0.169. The minimum absolute atomic E-state index is 0.159. The van der Waals surface area contributed by atoms with Gasteiger partial charge in [-0.25, -0.2) is 0 Å². The molecule has 0 atom stereocenters. The molecule has 12 rings (SSSR count). The summed E-state index contributed by atoms with van der Waals surface area (Å²) in [7, 11) is 0. The third-order valence-corrected chi connectivity index (χ3v) is 17.4. The van der Waals surface area contributed by atoms with Gasteiger partial charge in [0.2, 0.25) is 0 Å². The van der Waals surface area contributed by atoms with Gasteiger partial charge in [-0.2, -0.15) is 137 Å². The predicted molar refractivity (Wildman–Crippen MR) is 317 cm³/mol. The summed E-state index contributed by atoms with van der Waals surface area (Å²) < 4.78 is 443. The third kappa shape index (κ3) is 13.3. The maximum atomic E-state index is 15.5. The molecule has 0 radical (unpaired) electrons. The first-order valence-electron chi connectivity index (χ1n) is 29.3. The van der Waals surface area contributed by atoms with Crippen LogP contribution in [0.2, 0.25) is 0 Å². The first-order valence-corrected chi connectivity index (χ1v) is 29.3. The molecule has 0 unspecified atom stereocenters. The van der Waals surface area contributed by atoms with E-state index in [1.165, 1.54) is 0 Å². The number of fused-ring (bicyclic) bond motifs is 6. The smallest absolute Gasteiger partial charge is 0.312 e. The molecular formula is C71H31F30N3. The lowest BCUT2D eigenvalue weighted by atomic mass is 9.87. The highest BCUT2D eigenvalue weighted by molar-refractivity contribution is 6.12. The molecule has 540 valence electrons. The molecule has 2 heterocycles. The number of rotatable bonds is 7. The summed E-state index contributed by atoms with van der Waals surface area (Å²) in [4.78, 5) is 0. The van der Waals surface area contributed by atoms with Gasteiger partial charge in [-0.1, -0.05) is 48.5 Å². The van der Waals surface area contributed by atoms with Gasteiger partial charge in [0.25, 0.3) is 0 Å². The maximum Gasteiger partial charge on any atom is 0.417 e. The van der Waals surface area contributed by atoms with E-state index in [0.717, 1.165) is 69.8 Å². The van der Waals surface area contributed by atoms with E-state index in [9.17, 15) is 111 Å². The zero-order valence-corrected chi connectivity index (χ0v) is 50.7. The number of nitrogens with zero attached hydrogens (tertiary/aromatic N) is 3. The van der Waals surface area contributed by atoms with Crippen LogP contribution in [0, 0.1) is 11.3 Å². The summed E-state index contributed by atoms with van der Waals surface area (Å²) in [5.41, 5.74) is -34.2. The molecule has 0 amide bonds. The van der Waals surface area contributed by atoms with E-state index in [2.05, 4.69) is 0 Å². The van der Waals surface area contributed by atoms with E-state index < -0.39 is 241 Å². The Balaban J connectivity index is 1.25. The van der Waals surface area contributed by atoms with Crippen LogP contribution >= 0.6 is 0 Å². The molecule has 1 aliphatic rings. The molecule has 9 aromatic carbocycles. The maximum absolute atomic E-state index is 15.5. The van der Waals surface area contributed by atoms with Crippen LogP contribution in [0.15, 0.2) is 158 Å². The van der Waals surface area contributed by atoms with Crippen molar-refractivity contribution in [2.24, 2.45) is 0 Å². The molecule has 0 fully saturated rings. The Labute approximate surface area is 561 Å². The molecule has 3 nitrogen and oxygen atoms in total. The lowest BCUT2D eigenvalue weighted by Crippen LogP contribution is -2.15. The van der Waals surface area contributed by atoms with Crippen molar-refractivity contribution in [1.82, 2.24) is 9.13 Å². The van der Waals surface area contributed by atoms with Crippen LogP contribution in [0.1, 0.15) is 84.4 Å². The van der Waals surface area contributed by atoms with E-state index >= 15 is 26.3 Å². The minimum Gasteiger partial charge on any atom is -0.312 e. The molecule has 0 N–H and O–H groups in total. The molecular weight excluding hydrogens is 1460 g/mol. The van der Waals surface area contributed by atoms with Crippen molar-refractivity contribution in [1.29, 1.82) is 5.26 Å². The highest BCUT2D eigenvalue weighted by Crippen LogP contribution is 2.53. The second-order valence-electron chi connectivity index (χ2n) is 23.6. The van der Waals surface area contributed by atoms with E-state index in [0.29, 0.717) is 42.5 Å². The summed E-state index contributed by atoms with van der Waals surface area (Å²) >= 11 is 0. The minimum atomic E-state index is -5.80. The van der Waals surface area contributed by atoms with Crippen molar-refractivity contribution in [2.45, 2.75) is 74.6 Å². The first-order chi connectivity index (χ1) is 47.8. The SMILES string of the molecule is N#Cc1c(-n2c3c(c4cc(-c5ccc(C(F)(F)F)cc5C(F)(F)F)ccc42)C=C(c2ccc(C(F)(F)F)cc2C(F)(F)F)CC3)cc(-c2c(C(F)(F)F)cccc2C(F)(F)F)cc1-n1c2ccc(-c3ccc(C(F)(F)F)cc3C(F)(F)F)cc2c2cc(-c3ccc(C(F)(F)F)cc3C(F)(F)F)ccc21. The summed E-state index contributed by atoms with van der Waals surface area (Å²) in [6.45, 7) is 0. The number of nitriles is 1. The second-order valence-corrected chi connectivity index (χ2v) is 23.6. The van der Waals surface area contributed by atoms with Crippen molar-refractivity contribution >= 4 is 44.4 Å². The van der Waals surface area contributed by atoms with Crippen LogP contribution in [0.4, 0.5) is 132 Å². The Hall–Kier alpha value is -10.6. The summed E-state index contributed by atoms with van der Waals surface area (Å²) in [6.07, 6.45) is -56.5. The van der Waals surface area contributed by atoms with Gasteiger partial charge in [-0.05, 0) is 178 Å². The monoisotopic (exact) mass is 1500 g/mol. The Bertz CT molecular complexity index is 5240. The molecule has 2 aromatic heterocycles. The van der Waals surface area contributed by atoms with E-state index in [-0.39, 0.29) is 66.4 Å². The van der Waals surface area contributed by atoms with Crippen LogP contribution in [0.5, 0.6) is 0 Å². The summed E-state index contributed by atoms with van der Waals surface area (Å²) in [5.74, 6) is 0. The molecule has 1 aliphatic carbocycles. The van der Waals surface area contributed by atoms with Gasteiger partial charge in [0.1, 0.15) is 11.6 Å². The number of allylic oxidation sites excluding steroid dienone is 1. The molecule has 0 saturated heterocycles. The van der Waals surface area contributed by atoms with Gasteiger partial charge < -0.3 is 9.13 Å². The molecule has 0 aliphatic heterocycles. The van der Waals surface area contributed by atoms with Gasteiger partial charge in [0, 0.05) is 33.0 Å². The van der Waals surface area contributed by atoms with Crippen molar-refractivity contribution in [3.05, 3.63) is 236 Å². The Kier molecular flexibility index (Phi) is 17.1. The highest BCUT2D eigenvalue weighted by atomic mass is 19.4. The third-order valence-electron chi connectivity index (χ3n) is 17.4. The number of aromatic nitrogens is 2. The average molecular weight is 1500 g/mol. The Morgan fingerprint density at radius 3 is 0.942 bits per heavy atom. The van der Waals surface area contributed by atoms with Crippen molar-refractivity contribution in [3.8, 4) is 62.0 Å². The number of alkyl halides is 30. The van der Waals surface area contributed by atoms with E-state index in [1.807, 2.05) is 0 Å². The highest BCUT2D eigenvalue weighted by Gasteiger charge is 2.46. The molecule has 11 aromatic rings. The number of hydrogen-bond donors (Lipinski definition) is 0. The van der Waals surface area contributed by atoms with Crippen molar-refractivity contribution in [3.63, 3.8) is 0 Å². The summed E-state index contributed by atoms with van der Waals surface area (Å²) in [5, 5.41) is 10.1. The zero-order valence-electron chi connectivity index (χ0n) is 50.7. The lowest BCUT2D eigenvalue weighted by molar-refractivity contribution is -0.144. The average Bonchev–Trinajstić information content (AvgIpc) is 1.59. The molecule has 104 heavy (non-hydrogen) atoms. The number of benzene rings is 9. The van der Waals surface area contributed by atoms with Crippen molar-refractivity contribution in [2.75, 3.05) is 0 Å². The Morgan fingerprint density at radius 1 is 0.288 bits per heavy atom. The quantitative estimate of drug-likeness (QED) is 0.146. The number of halogens is 30. The molecule has 0 spiro atoms. The van der Waals surface area contributed by atoms with Gasteiger partial charge in [-0.3, -0.25) is 0 Å². The van der Waals surface area contributed by atoms with E-state index in [4.69, 9.17) is 0 Å². The molecule has 0 bridgehead atoms.